The lowest BCUT2D eigenvalue weighted by atomic mass is 9.94. The van der Waals surface area contributed by atoms with Gasteiger partial charge in [-0.15, -0.1) is 0 Å². The van der Waals surface area contributed by atoms with E-state index in [0.29, 0.717) is 11.3 Å². The molecule has 2 aliphatic heterocycles. The standard InChI is InChI=1S/C17H11NO3/c19-17(20)12-3-1-5-15-16(12)11-6-7-14-10(4-2-8-18-14)13(11)9-21-15/h1-9,18H,(H,19,20). The summed E-state index contributed by atoms with van der Waals surface area (Å²) in [4.78, 5) is 11.5. The van der Waals surface area contributed by atoms with Gasteiger partial charge in [0.2, 0.25) is 0 Å². The van der Waals surface area contributed by atoms with E-state index in [1.807, 2.05) is 30.5 Å². The van der Waals surface area contributed by atoms with Gasteiger partial charge in [0.05, 0.1) is 11.8 Å². The van der Waals surface area contributed by atoms with Gasteiger partial charge in [-0.25, -0.2) is 4.79 Å². The Balaban J connectivity index is 2.11. The van der Waals surface area contributed by atoms with E-state index in [4.69, 9.17) is 4.74 Å². The summed E-state index contributed by atoms with van der Waals surface area (Å²) >= 11 is 0. The first-order valence-electron chi connectivity index (χ1n) is 6.55. The average molecular weight is 277 g/mol. The van der Waals surface area contributed by atoms with Gasteiger partial charge >= 0.3 is 5.97 Å². The Morgan fingerprint density at radius 2 is 2.05 bits per heavy atom. The molecule has 0 fully saturated rings. The first-order chi connectivity index (χ1) is 10.3. The average Bonchev–Trinajstić information content (AvgIpc) is 2.53. The molecule has 0 aliphatic carbocycles. The molecule has 2 aliphatic rings. The van der Waals surface area contributed by atoms with Crippen LogP contribution in [0, 0.1) is 0 Å². The number of anilines is 1. The molecule has 0 aromatic heterocycles. The Labute approximate surface area is 120 Å². The predicted octanol–water partition coefficient (Wildman–Crippen LogP) is 1.90. The smallest absolute Gasteiger partial charge is 0.336 e. The van der Waals surface area contributed by atoms with Gasteiger partial charge in [-0.3, -0.25) is 0 Å². The van der Waals surface area contributed by atoms with Crippen LogP contribution in [0.2, 0.25) is 0 Å². The third-order valence-corrected chi connectivity index (χ3v) is 3.71. The Morgan fingerprint density at radius 1 is 1.14 bits per heavy atom. The molecule has 0 atom stereocenters. The summed E-state index contributed by atoms with van der Waals surface area (Å²) in [6.07, 6.45) is 7.43. The fraction of sp³-hybridized carbons (Fsp3) is 0. The number of fused-ring (bicyclic) bond motifs is 5. The Bertz CT molecular complexity index is 926. The van der Waals surface area contributed by atoms with Crippen LogP contribution in [-0.4, -0.2) is 11.1 Å². The largest absolute Gasteiger partial charge is 0.478 e. The van der Waals surface area contributed by atoms with Crippen molar-refractivity contribution in [3.63, 3.8) is 0 Å². The van der Waals surface area contributed by atoms with Crippen molar-refractivity contribution in [3.05, 3.63) is 58.6 Å². The molecule has 2 heterocycles. The fourth-order valence-electron chi connectivity index (χ4n) is 2.78. The molecule has 4 nitrogen and oxygen atoms in total. The first kappa shape index (κ1) is 11.8. The number of nitrogens with one attached hydrogen (secondary N) is 1. The van der Waals surface area contributed by atoms with E-state index < -0.39 is 5.97 Å². The minimum Gasteiger partial charge on any atom is -0.478 e. The van der Waals surface area contributed by atoms with E-state index in [1.165, 1.54) is 0 Å². The van der Waals surface area contributed by atoms with E-state index in [-0.39, 0.29) is 5.56 Å². The summed E-state index contributed by atoms with van der Waals surface area (Å²) in [7, 11) is 0. The number of ether oxygens (including phenoxy) is 1. The SMILES string of the molecule is O=C(O)c1cccc2c1-c1ccc3c(c1=CO2)=CC=CN3. The number of hydrogen-bond acceptors (Lipinski definition) is 3. The predicted molar refractivity (Wildman–Crippen MR) is 80.4 cm³/mol. The lowest BCUT2D eigenvalue weighted by Crippen LogP contribution is -2.33. The second-order valence-corrected chi connectivity index (χ2v) is 4.88. The minimum absolute atomic E-state index is 0.251. The zero-order chi connectivity index (χ0) is 14.4. The highest BCUT2D eigenvalue weighted by atomic mass is 16.5. The Hall–Kier alpha value is -3.01. The van der Waals surface area contributed by atoms with Crippen LogP contribution >= 0.6 is 0 Å². The molecule has 102 valence electrons. The second kappa shape index (κ2) is 4.24. The lowest BCUT2D eigenvalue weighted by Gasteiger charge is -2.19. The molecular formula is C17H11NO3. The number of aromatic carboxylic acids is 1. The highest BCUT2D eigenvalue weighted by Crippen LogP contribution is 2.34. The first-order valence-corrected chi connectivity index (χ1v) is 6.55. The number of carboxylic acid groups (broad SMARTS) is 1. The number of carbonyl (C=O) groups is 1. The molecule has 0 radical (unpaired) electrons. The third-order valence-electron chi connectivity index (χ3n) is 3.71. The highest BCUT2D eigenvalue weighted by Gasteiger charge is 2.21. The molecule has 0 amide bonds. The van der Waals surface area contributed by atoms with Crippen molar-refractivity contribution in [2.75, 3.05) is 5.32 Å². The monoisotopic (exact) mass is 277 g/mol. The Kier molecular flexibility index (Phi) is 2.38. The summed E-state index contributed by atoms with van der Waals surface area (Å²) in [6, 6.07) is 8.95. The zero-order valence-corrected chi connectivity index (χ0v) is 11.0. The van der Waals surface area contributed by atoms with Gasteiger partial charge in [0, 0.05) is 27.9 Å². The molecule has 4 rings (SSSR count). The van der Waals surface area contributed by atoms with Crippen LogP contribution in [0.15, 0.2) is 42.6 Å². The molecule has 0 saturated carbocycles. The van der Waals surface area contributed by atoms with Crippen LogP contribution in [0.3, 0.4) is 0 Å². The normalized spacial score (nSPS) is 13.5. The van der Waals surface area contributed by atoms with E-state index in [9.17, 15) is 9.90 Å². The van der Waals surface area contributed by atoms with Crippen LogP contribution in [0.25, 0.3) is 23.5 Å². The number of carboxylic acids is 1. The van der Waals surface area contributed by atoms with E-state index >= 15 is 0 Å². The summed E-state index contributed by atoms with van der Waals surface area (Å²) in [5.41, 5.74) is 2.74. The van der Waals surface area contributed by atoms with Gasteiger partial charge in [-0.05, 0) is 29.8 Å². The Morgan fingerprint density at radius 3 is 2.90 bits per heavy atom. The van der Waals surface area contributed by atoms with Crippen LogP contribution in [0.4, 0.5) is 5.69 Å². The van der Waals surface area contributed by atoms with Gasteiger partial charge in [-0.1, -0.05) is 18.2 Å². The van der Waals surface area contributed by atoms with Crippen molar-refractivity contribution in [1.82, 2.24) is 0 Å². The van der Waals surface area contributed by atoms with Gasteiger partial charge < -0.3 is 15.2 Å². The van der Waals surface area contributed by atoms with Crippen molar-refractivity contribution in [2.45, 2.75) is 0 Å². The quantitative estimate of drug-likeness (QED) is 0.836. The molecule has 2 aromatic rings. The second-order valence-electron chi connectivity index (χ2n) is 4.88. The molecular weight excluding hydrogens is 266 g/mol. The van der Waals surface area contributed by atoms with E-state index in [1.54, 1.807) is 24.5 Å². The number of allylic oxidation sites excluding steroid dienone is 1. The fourth-order valence-corrected chi connectivity index (χ4v) is 2.78. The van der Waals surface area contributed by atoms with Crippen molar-refractivity contribution in [3.8, 4) is 16.9 Å². The van der Waals surface area contributed by atoms with Crippen LogP contribution in [-0.2, 0) is 0 Å². The van der Waals surface area contributed by atoms with Gasteiger partial charge in [0.15, 0.2) is 0 Å². The number of rotatable bonds is 1. The zero-order valence-electron chi connectivity index (χ0n) is 11.0. The molecule has 0 bridgehead atoms. The number of hydrogen-bond donors (Lipinski definition) is 2. The van der Waals surface area contributed by atoms with Gasteiger partial charge in [0.25, 0.3) is 0 Å². The van der Waals surface area contributed by atoms with Crippen molar-refractivity contribution in [2.24, 2.45) is 0 Å². The molecule has 0 saturated heterocycles. The summed E-state index contributed by atoms with van der Waals surface area (Å²) in [5, 5.41) is 14.5. The topological polar surface area (TPSA) is 58.6 Å². The van der Waals surface area contributed by atoms with Crippen molar-refractivity contribution in [1.29, 1.82) is 0 Å². The van der Waals surface area contributed by atoms with Gasteiger partial charge in [0.1, 0.15) is 5.75 Å². The van der Waals surface area contributed by atoms with Crippen molar-refractivity contribution >= 4 is 24.0 Å². The molecule has 0 spiro atoms. The van der Waals surface area contributed by atoms with Crippen LogP contribution in [0.5, 0.6) is 5.75 Å². The van der Waals surface area contributed by atoms with Crippen LogP contribution < -0.4 is 20.5 Å². The number of benzene rings is 2. The molecule has 21 heavy (non-hydrogen) atoms. The molecule has 2 aromatic carbocycles. The van der Waals surface area contributed by atoms with E-state index in [0.717, 1.165) is 21.7 Å². The lowest BCUT2D eigenvalue weighted by molar-refractivity contribution is 0.0697. The maximum atomic E-state index is 11.5. The summed E-state index contributed by atoms with van der Waals surface area (Å²) in [6.45, 7) is 0. The molecule has 2 N–H and O–H groups in total. The maximum Gasteiger partial charge on any atom is 0.336 e. The molecule has 4 heteroatoms. The van der Waals surface area contributed by atoms with Gasteiger partial charge in [-0.2, -0.15) is 0 Å². The summed E-state index contributed by atoms with van der Waals surface area (Å²) < 4.78 is 5.65. The van der Waals surface area contributed by atoms with Crippen LogP contribution in [0.1, 0.15) is 10.4 Å². The minimum atomic E-state index is -0.956. The maximum absolute atomic E-state index is 11.5. The highest BCUT2D eigenvalue weighted by molar-refractivity contribution is 5.99. The summed E-state index contributed by atoms with van der Waals surface area (Å²) in [5.74, 6) is -0.385. The van der Waals surface area contributed by atoms with Crippen molar-refractivity contribution < 1.29 is 14.6 Å². The third kappa shape index (κ3) is 1.66. The van der Waals surface area contributed by atoms with E-state index in [2.05, 4.69) is 5.32 Å². The molecule has 0 unspecified atom stereocenters.